The number of nitrogens with zero attached hydrogens (tertiary/aromatic N) is 4. The first-order valence-electron chi connectivity index (χ1n) is 9.45. The smallest absolute Gasteiger partial charge is 0.275 e. The lowest BCUT2D eigenvalue weighted by Crippen LogP contribution is -2.49. The van der Waals surface area contributed by atoms with Crippen LogP contribution in [-0.4, -0.2) is 56.8 Å². The van der Waals surface area contributed by atoms with Gasteiger partial charge in [-0.15, -0.1) is 0 Å². The summed E-state index contributed by atoms with van der Waals surface area (Å²) < 4.78 is 5.65. The zero-order valence-electron chi connectivity index (χ0n) is 15.2. The first-order chi connectivity index (χ1) is 12.7. The van der Waals surface area contributed by atoms with E-state index < -0.39 is 0 Å². The van der Waals surface area contributed by atoms with Gasteiger partial charge in [0.1, 0.15) is 0 Å². The zero-order chi connectivity index (χ0) is 17.9. The van der Waals surface area contributed by atoms with E-state index in [0.717, 1.165) is 54.7 Å². The molecule has 2 aromatic rings. The Bertz CT molecular complexity index is 788. The van der Waals surface area contributed by atoms with Crippen LogP contribution in [0, 0.1) is 6.92 Å². The summed E-state index contributed by atoms with van der Waals surface area (Å²) in [6, 6.07) is 0.0496. The van der Waals surface area contributed by atoms with Crippen LogP contribution in [0.25, 0.3) is 0 Å². The van der Waals surface area contributed by atoms with Gasteiger partial charge in [-0.3, -0.25) is 19.9 Å². The highest BCUT2D eigenvalue weighted by Gasteiger charge is 2.32. The van der Waals surface area contributed by atoms with Crippen molar-refractivity contribution in [2.45, 2.75) is 51.5 Å². The van der Waals surface area contributed by atoms with Gasteiger partial charge < -0.3 is 9.64 Å². The van der Waals surface area contributed by atoms with E-state index in [1.165, 1.54) is 6.42 Å². The third-order valence-corrected chi connectivity index (χ3v) is 5.44. The van der Waals surface area contributed by atoms with Crippen LogP contribution in [0.2, 0.25) is 0 Å². The van der Waals surface area contributed by atoms with Gasteiger partial charge >= 0.3 is 0 Å². The van der Waals surface area contributed by atoms with Gasteiger partial charge in [-0.2, -0.15) is 5.10 Å². The highest BCUT2D eigenvalue weighted by molar-refractivity contribution is 5.94. The van der Waals surface area contributed by atoms with Crippen LogP contribution in [0.5, 0.6) is 0 Å². The average molecular weight is 355 g/mol. The van der Waals surface area contributed by atoms with Gasteiger partial charge in [-0.1, -0.05) is 0 Å². The molecule has 1 aliphatic carbocycles. The molecule has 1 amide bonds. The zero-order valence-corrected chi connectivity index (χ0v) is 15.2. The van der Waals surface area contributed by atoms with Crippen LogP contribution in [-0.2, 0) is 24.0 Å². The Balaban J connectivity index is 1.49. The van der Waals surface area contributed by atoms with Crippen molar-refractivity contribution in [3.63, 3.8) is 0 Å². The number of aromatic nitrogens is 4. The Morgan fingerprint density at radius 3 is 3.04 bits per heavy atom. The number of hydrogen-bond acceptors (Lipinski definition) is 5. The molecule has 3 heterocycles. The highest BCUT2D eigenvalue weighted by atomic mass is 16.5. The summed E-state index contributed by atoms with van der Waals surface area (Å²) in [5.74, 6) is 0.0357. The standard InChI is InChI=1S/C19H25N5O2/c1-13-16(21-9-8-20-13)7-6-14-12-26-11-10-24(14)19(25)18-15-4-2-3-5-17(15)22-23-18/h8-9,14H,2-7,10-12H2,1H3,(H,22,23)/t14-/m0/s1. The first kappa shape index (κ1) is 17.1. The number of carbonyl (C=O) groups is 1. The van der Waals surface area contributed by atoms with Crippen LogP contribution in [0.15, 0.2) is 12.4 Å². The lowest BCUT2D eigenvalue weighted by molar-refractivity contribution is -0.00451. The Kier molecular flexibility index (Phi) is 4.97. The van der Waals surface area contributed by atoms with E-state index in [0.29, 0.717) is 25.5 Å². The molecule has 0 saturated carbocycles. The maximum atomic E-state index is 13.2. The second-order valence-corrected chi connectivity index (χ2v) is 7.09. The van der Waals surface area contributed by atoms with Gasteiger partial charge in [0.05, 0.1) is 30.6 Å². The number of rotatable bonds is 4. The van der Waals surface area contributed by atoms with Crippen molar-refractivity contribution in [2.24, 2.45) is 0 Å². The number of morpholine rings is 1. The maximum absolute atomic E-state index is 13.2. The second-order valence-electron chi connectivity index (χ2n) is 7.09. The molecule has 1 aliphatic heterocycles. The normalized spacial score (nSPS) is 20.0. The van der Waals surface area contributed by atoms with Gasteiger partial charge in [0.15, 0.2) is 5.69 Å². The van der Waals surface area contributed by atoms with Crippen LogP contribution >= 0.6 is 0 Å². The number of fused-ring (bicyclic) bond motifs is 1. The van der Waals surface area contributed by atoms with Crippen LogP contribution in [0.4, 0.5) is 0 Å². The number of aryl methyl sites for hydroxylation is 3. The molecule has 7 heteroatoms. The molecule has 0 bridgehead atoms. The van der Waals surface area contributed by atoms with Gasteiger partial charge in [0.25, 0.3) is 5.91 Å². The summed E-state index contributed by atoms with van der Waals surface area (Å²) in [6.07, 6.45) is 9.27. The molecule has 2 aromatic heterocycles. The molecule has 2 aliphatic rings. The molecular weight excluding hydrogens is 330 g/mol. The fourth-order valence-electron chi connectivity index (χ4n) is 3.94. The van der Waals surface area contributed by atoms with E-state index in [1.807, 2.05) is 11.8 Å². The minimum Gasteiger partial charge on any atom is -0.377 e. The predicted molar refractivity (Wildman–Crippen MR) is 96.0 cm³/mol. The van der Waals surface area contributed by atoms with Gasteiger partial charge in [-0.05, 0) is 45.4 Å². The number of hydrogen-bond donors (Lipinski definition) is 1. The van der Waals surface area contributed by atoms with E-state index in [4.69, 9.17) is 4.74 Å². The molecule has 1 N–H and O–H groups in total. The van der Waals surface area contributed by atoms with E-state index >= 15 is 0 Å². The number of H-pyrrole nitrogens is 1. The molecular formula is C19H25N5O2. The topological polar surface area (TPSA) is 84.0 Å². The van der Waals surface area contributed by atoms with E-state index in [2.05, 4.69) is 20.2 Å². The van der Waals surface area contributed by atoms with Crippen molar-refractivity contribution < 1.29 is 9.53 Å². The third kappa shape index (κ3) is 3.35. The molecule has 0 radical (unpaired) electrons. The van der Waals surface area contributed by atoms with Crippen molar-refractivity contribution in [1.82, 2.24) is 25.1 Å². The minimum absolute atomic E-state index is 0.0357. The number of carbonyl (C=O) groups excluding carboxylic acids is 1. The van der Waals surface area contributed by atoms with E-state index in [1.54, 1.807) is 12.4 Å². The Hall–Kier alpha value is -2.28. The molecule has 4 rings (SSSR count). The molecule has 1 saturated heterocycles. The van der Waals surface area contributed by atoms with E-state index in [9.17, 15) is 4.79 Å². The highest BCUT2D eigenvalue weighted by Crippen LogP contribution is 2.25. The fraction of sp³-hybridized carbons (Fsp3) is 0.579. The molecule has 138 valence electrons. The van der Waals surface area contributed by atoms with E-state index in [-0.39, 0.29) is 11.9 Å². The molecule has 0 aromatic carbocycles. The molecule has 0 spiro atoms. The molecule has 0 unspecified atom stereocenters. The van der Waals surface area contributed by atoms with Crippen molar-refractivity contribution in [2.75, 3.05) is 19.8 Å². The summed E-state index contributed by atoms with van der Waals surface area (Å²) in [7, 11) is 0. The van der Waals surface area contributed by atoms with Crippen LogP contribution < -0.4 is 0 Å². The maximum Gasteiger partial charge on any atom is 0.275 e. The summed E-state index contributed by atoms with van der Waals surface area (Å²) in [6.45, 7) is 3.74. The van der Waals surface area contributed by atoms with Gasteiger partial charge in [0.2, 0.25) is 0 Å². The lowest BCUT2D eigenvalue weighted by atomic mass is 9.95. The summed E-state index contributed by atoms with van der Waals surface area (Å²) in [4.78, 5) is 23.8. The van der Waals surface area contributed by atoms with Crippen LogP contribution in [0.3, 0.4) is 0 Å². The average Bonchev–Trinajstić information content (AvgIpc) is 3.11. The van der Waals surface area contributed by atoms with Crippen molar-refractivity contribution >= 4 is 5.91 Å². The molecule has 26 heavy (non-hydrogen) atoms. The van der Waals surface area contributed by atoms with Crippen molar-refractivity contribution in [1.29, 1.82) is 0 Å². The summed E-state index contributed by atoms with van der Waals surface area (Å²) in [5, 5.41) is 7.44. The van der Waals surface area contributed by atoms with Crippen molar-refractivity contribution in [3.8, 4) is 0 Å². The summed E-state index contributed by atoms with van der Waals surface area (Å²) >= 11 is 0. The second kappa shape index (κ2) is 7.53. The number of aromatic amines is 1. The molecule has 1 atom stereocenters. The number of ether oxygens (including phenoxy) is 1. The fourth-order valence-corrected chi connectivity index (χ4v) is 3.94. The van der Waals surface area contributed by atoms with Crippen molar-refractivity contribution in [3.05, 3.63) is 40.7 Å². The van der Waals surface area contributed by atoms with Crippen LogP contribution in [0.1, 0.15) is 52.4 Å². The predicted octanol–water partition coefficient (Wildman–Crippen LogP) is 1.86. The SMILES string of the molecule is Cc1nccnc1CC[C@H]1COCCN1C(=O)c1n[nH]c2c1CCCC2. The summed E-state index contributed by atoms with van der Waals surface area (Å²) in [5.41, 5.74) is 4.81. The Morgan fingerprint density at radius 2 is 2.15 bits per heavy atom. The number of nitrogens with one attached hydrogen (secondary N) is 1. The van der Waals surface area contributed by atoms with Gasteiger partial charge in [-0.25, -0.2) is 0 Å². The van der Waals surface area contributed by atoms with Gasteiger partial charge in [0, 0.05) is 30.2 Å². The lowest BCUT2D eigenvalue weighted by Gasteiger charge is -2.35. The first-order valence-corrected chi connectivity index (χ1v) is 9.45. The Morgan fingerprint density at radius 1 is 1.31 bits per heavy atom. The Labute approximate surface area is 153 Å². The minimum atomic E-state index is 0.0357. The number of amides is 1. The third-order valence-electron chi connectivity index (χ3n) is 5.44. The molecule has 7 nitrogen and oxygen atoms in total. The monoisotopic (exact) mass is 355 g/mol. The largest absolute Gasteiger partial charge is 0.377 e. The quantitative estimate of drug-likeness (QED) is 0.905. The molecule has 1 fully saturated rings.